The second kappa shape index (κ2) is 11.3. The van der Waals surface area contributed by atoms with Crippen molar-refractivity contribution in [1.29, 1.82) is 0 Å². The number of rotatable bonds is 10. The summed E-state index contributed by atoms with van der Waals surface area (Å²) < 4.78 is 11.3. The number of benzene rings is 2. The van der Waals surface area contributed by atoms with Crippen molar-refractivity contribution < 1.29 is 14.4 Å². The highest BCUT2D eigenvalue weighted by Crippen LogP contribution is 2.27. The van der Waals surface area contributed by atoms with E-state index in [1.807, 2.05) is 30.3 Å². The number of unbranched alkanes of at least 4 members (excludes halogenated alkanes) is 3. The van der Waals surface area contributed by atoms with Crippen molar-refractivity contribution in [3.63, 3.8) is 0 Å². The SMILES string of the molecule is COc1ccccc1N1CC[NH+](CCCCCCOc2cc(C)ccc2Cl)CC1. The number of quaternary nitrogens is 1. The summed E-state index contributed by atoms with van der Waals surface area (Å²) in [7, 11) is 1.75. The van der Waals surface area contributed by atoms with Gasteiger partial charge in [0.25, 0.3) is 0 Å². The van der Waals surface area contributed by atoms with Gasteiger partial charge in [0.1, 0.15) is 11.5 Å². The summed E-state index contributed by atoms with van der Waals surface area (Å²) >= 11 is 6.17. The molecule has 0 aromatic heterocycles. The molecule has 2 aromatic carbocycles. The van der Waals surface area contributed by atoms with Crippen molar-refractivity contribution in [2.24, 2.45) is 0 Å². The number of nitrogens with one attached hydrogen (secondary N) is 1. The Balaban J connectivity index is 1.27. The molecule has 1 aliphatic heterocycles. The molecule has 0 atom stereocenters. The van der Waals surface area contributed by atoms with E-state index in [0.29, 0.717) is 5.02 Å². The van der Waals surface area contributed by atoms with Gasteiger partial charge in [-0.1, -0.05) is 29.8 Å². The zero-order chi connectivity index (χ0) is 20.5. The minimum absolute atomic E-state index is 0.700. The first kappa shape index (κ1) is 21.8. The number of hydrogen-bond acceptors (Lipinski definition) is 3. The number of anilines is 1. The van der Waals surface area contributed by atoms with E-state index in [1.54, 1.807) is 12.0 Å². The Bertz CT molecular complexity index is 760. The van der Waals surface area contributed by atoms with E-state index in [-0.39, 0.29) is 0 Å². The Morgan fingerprint density at radius 2 is 1.72 bits per heavy atom. The summed E-state index contributed by atoms with van der Waals surface area (Å²) in [5.74, 6) is 1.79. The number of ether oxygens (including phenoxy) is 2. The van der Waals surface area contributed by atoms with Crippen LogP contribution in [-0.4, -0.2) is 46.4 Å². The van der Waals surface area contributed by atoms with E-state index in [4.69, 9.17) is 21.1 Å². The number of para-hydroxylation sites is 2. The molecule has 29 heavy (non-hydrogen) atoms. The van der Waals surface area contributed by atoms with Gasteiger partial charge in [-0.3, -0.25) is 0 Å². The van der Waals surface area contributed by atoms with Crippen LogP contribution in [0.25, 0.3) is 0 Å². The highest BCUT2D eigenvalue weighted by molar-refractivity contribution is 6.32. The van der Waals surface area contributed by atoms with Crippen LogP contribution in [0, 0.1) is 6.92 Å². The maximum Gasteiger partial charge on any atom is 0.142 e. The van der Waals surface area contributed by atoms with Crippen molar-refractivity contribution >= 4 is 17.3 Å². The number of piperazine rings is 1. The molecule has 0 amide bonds. The molecular formula is C24H34ClN2O2+. The predicted octanol–water partition coefficient (Wildman–Crippen LogP) is 4.00. The maximum atomic E-state index is 6.17. The van der Waals surface area contributed by atoms with Gasteiger partial charge < -0.3 is 19.3 Å². The van der Waals surface area contributed by atoms with Crippen LogP contribution >= 0.6 is 11.6 Å². The Morgan fingerprint density at radius 1 is 0.966 bits per heavy atom. The average molecular weight is 418 g/mol. The second-order valence-corrected chi connectivity index (χ2v) is 8.26. The molecule has 1 aliphatic rings. The molecule has 0 spiro atoms. The normalized spacial score (nSPS) is 14.8. The molecule has 0 bridgehead atoms. The van der Waals surface area contributed by atoms with Crippen LogP contribution in [0.2, 0.25) is 5.02 Å². The van der Waals surface area contributed by atoms with Crippen LogP contribution < -0.4 is 19.3 Å². The van der Waals surface area contributed by atoms with Crippen LogP contribution in [0.5, 0.6) is 11.5 Å². The average Bonchev–Trinajstić information content (AvgIpc) is 2.76. The van der Waals surface area contributed by atoms with E-state index in [9.17, 15) is 0 Å². The molecule has 3 rings (SSSR count). The zero-order valence-electron chi connectivity index (χ0n) is 17.8. The Labute approximate surface area is 180 Å². The second-order valence-electron chi connectivity index (χ2n) is 7.86. The van der Waals surface area contributed by atoms with E-state index in [0.717, 1.165) is 37.6 Å². The third-order valence-corrected chi connectivity index (χ3v) is 5.98. The van der Waals surface area contributed by atoms with Gasteiger partial charge in [-0.15, -0.1) is 0 Å². The van der Waals surface area contributed by atoms with Crippen LogP contribution in [0.3, 0.4) is 0 Å². The third-order valence-electron chi connectivity index (χ3n) is 5.67. The quantitative estimate of drug-likeness (QED) is 0.592. The number of aryl methyl sites for hydroxylation is 1. The minimum atomic E-state index is 0.700. The minimum Gasteiger partial charge on any atom is -0.495 e. The number of nitrogens with zero attached hydrogens (tertiary/aromatic N) is 1. The van der Waals surface area contributed by atoms with Gasteiger partial charge in [0.2, 0.25) is 0 Å². The van der Waals surface area contributed by atoms with Crippen molar-refractivity contribution in [3.8, 4) is 11.5 Å². The standard InChI is InChI=1S/C24H33ClN2O2/c1-20-11-12-21(25)24(19-20)29-18-8-4-3-7-13-26-14-16-27(17-15-26)22-9-5-6-10-23(22)28-2/h5-6,9-12,19H,3-4,7-8,13-18H2,1-2H3/p+1. The molecule has 2 aromatic rings. The van der Waals surface area contributed by atoms with Crippen LogP contribution in [0.1, 0.15) is 31.2 Å². The summed E-state index contributed by atoms with van der Waals surface area (Å²) in [5, 5.41) is 0.700. The Hall–Kier alpha value is -1.91. The van der Waals surface area contributed by atoms with Gasteiger partial charge in [0, 0.05) is 0 Å². The molecule has 1 saturated heterocycles. The van der Waals surface area contributed by atoms with Gasteiger partial charge in [-0.25, -0.2) is 0 Å². The molecule has 0 saturated carbocycles. The van der Waals surface area contributed by atoms with E-state index in [1.165, 1.54) is 50.1 Å². The number of halogens is 1. The first-order chi connectivity index (χ1) is 14.2. The lowest BCUT2D eigenvalue weighted by molar-refractivity contribution is -0.900. The molecular weight excluding hydrogens is 384 g/mol. The predicted molar refractivity (Wildman–Crippen MR) is 121 cm³/mol. The van der Waals surface area contributed by atoms with Crippen molar-refractivity contribution in [3.05, 3.63) is 53.1 Å². The largest absolute Gasteiger partial charge is 0.495 e. The van der Waals surface area contributed by atoms with Gasteiger partial charge >= 0.3 is 0 Å². The summed E-state index contributed by atoms with van der Waals surface area (Å²) in [6, 6.07) is 14.3. The van der Waals surface area contributed by atoms with Gasteiger partial charge in [0.15, 0.2) is 0 Å². The smallest absolute Gasteiger partial charge is 0.142 e. The van der Waals surface area contributed by atoms with E-state index < -0.39 is 0 Å². The molecule has 4 nitrogen and oxygen atoms in total. The van der Waals surface area contributed by atoms with E-state index in [2.05, 4.69) is 24.0 Å². The summed E-state index contributed by atoms with van der Waals surface area (Å²) in [5.41, 5.74) is 2.40. The molecule has 1 heterocycles. The highest BCUT2D eigenvalue weighted by Gasteiger charge is 2.21. The first-order valence-electron chi connectivity index (χ1n) is 10.8. The van der Waals surface area contributed by atoms with Gasteiger partial charge in [0.05, 0.1) is 57.2 Å². The monoisotopic (exact) mass is 417 g/mol. The fourth-order valence-corrected chi connectivity index (χ4v) is 4.11. The molecule has 0 aliphatic carbocycles. The molecule has 0 unspecified atom stereocenters. The molecule has 5 heteroatoms. The van der Waals surface area contributed by atoms with Gasteiger partial charge in [-0.05, 0) is 62.4 Å². The first-order valence-corrected chi connectivity index (χ1v) is 11.2. The van der Waals surface area contributed by atoms with Crippen LogP contribution in [0.4, 0.5) is 5.69 Å². The molecule has 0 radical (unpaired) electrons. The van der Waals surface area contributed by atoms with Crippen molar-refractivity contribution in [2.75, 3.05) is 51.3 Å². The lowest BCUT2D eigenvalue weighted by Gasteiger charge is -2.34. The van der Waals surface area contributed by atoms with E-state index >= 15 is 0 Å². The van der Waals surface area contributed by atoms with Gasteiger partial charge in [-0.2, -0.15) is 0 Å². The molecule has 158 valence electrons. The molecule has 1 N–H and O–H groups in total. The van der Waals surface area contributed by atoms with Crippen LogP contribution in [0.15, 0.2) is 42.5 Å². The lowest BCUT2D eigenvalue weighted by atomic mass is 10.1. The van der Waals surface area contributed by atoms with Crippen molar-refractivity contribution in [2.45, 2.75) is 32.6 Å². The fraction of sp³-hybridized carbons (Fsp3) is 0.500. The lowest BCUT2D eigenvalue weighted by Crippen LogP contribution is -3.14. The topological polar surface area (TPSA) is 26.1 Å². The fourth-order valence-electron chi connectivity index (χ4n) is 3.94. The maximum absolute atomic E-state index is 6.17. The van der Waals surface area contributed by atoms with Crippen LogP contribution in [-0.2, 0) is 0 Å². The summed E-state index contributed by atoms with van der Waals surface area (Å²) in [6.45, 7) is 8.67. The number of hydrogen-bond donors (Lipinski definition) is 1. The Morgan fingerprint density at radius 3 is 2.52 bits per heavy atom. The Kier molecular flexibility index (Phi) is 8.51. The summed E-state index contributed by atoms with van der Waals surface area (Å²) in [6.07, 6.45) is 4.85. The van der Waals surface area contributed by atoms with Crippen molar-refractivity contribution in [1.82, 2.24) is 0 Å². The molecule has 1 fully saturated rings. The summed E-state index contributed by atoms with van der Waals surface area (Å²) in [4.78, 5) is 4.18. The highest BCUT2D eigenvalue weighted by atomic mass is 35.5. The zero-order valence-corrected chi connectivity index (χ0v) is 18.5. The third kappa shape index (κ3) is 6.55. The number of methoxy groups -OCH3 is 1.